The number of halogens is 2. The smallest absolute Gasteiger partial charge is 0.121 e. The van der Waals surface area contributed by atoms with Crippen molar-refractivity contribution in [3.8, 4) is 5.75 Å². The van der Waals surface area contributed by atoms with Gasteiger partial charge in [0.25, 0.3) is 0 Å². The van der Waals surface area contributed by atoms with Gasteiger partial charge in [-0.2, -0.15) is 0 Å². The molecule has 0 radical (unpaired) electrons. The molecule has 3 rings (SSSR count). The van der Waals surface area contributed by atoms with Crippen LogP contribution in [0.5, 0.6) is 5.75 Å². The Morgan fingerprint density at radius 2 is 1.23 bits per heavy atom. The molecule has 0 fully saturated rings. The molecule has 1 N–H and O–H groups in total. The highest BCUT2D eigenvalue weighted by Gasteiger charge is 2.35. The monoisotopic (exact) mass is 328 g/mol. The van der Waals surface area contributed by atoms with E-state index >= 15 is 0 Å². The second-order valence-corrected chi connectivity index (χ2v) is 6.03. The number of phenols is 1. The number of hydrogen-bond acceptors (Lipinski definition) is 1. The van der Waals surface area contributed by atoms with Crippen molar-refractivity contribution >= 4 is 23.2 Å². The van der Waals surface area contributed by atoms with Gasteiger partial charge in [0, 0.05) is 10.6 Å². The van der Waals surface area contributed by atoms with Gasteiger partial charge in [0.1, 0.15) is 10.6 Å². The molecular weight excluding hydrogens is 315 g/mol. The van der Waals surface area contributed by atoms with Crippen LogP contribution in [0.2, 0.25) is 5.02 Å². The molecule has 0 aliphatic rings. The van der Waals surface area contributed by atoms with E-state index in [1.54, 1.807) is 12.1 Å². The van der Waals surface area contributed by atoms with Crippen LogP contribution < -0.4 is 0 Å². The van der Waals surface area contributed by atoms with Gasteiger partial charge in [-0.05, 0) is 29.3 Å². The van der Waals surface area contributed by atoms with E-state index in [1.165, 1.54) is 0 Å². The molecule has 0 bridgehead atoms. The third kappa shape index (κ3) is 2.58. The highest BCUT2D eigenvalue weighted by atomic mass is 35.5. The molecule has 110 valence electrons. The Morgan fingerprint density at radius 3 is 1.86 bits per heavy atom. The molecular formula is C19H14Cl2O. The fourth-order valence-corrected chi connectivity index (χ4v) is 3.32. The molecule has 0 heterocycles. The average molecular weight is 329 g/mol. The number of aromatic hydroxyl groups is 1. The van der Waals surface area contributed by atoms with Crippen LogP contribution in [0.15, 0.2) is 78.9 Å². The van der Waals surface area contributed by atoms with E-state index < -0.39 is 4.87 Å². The zero-order valence-electron chi connectivity index (χ0n) is 11.7. The Hall–Kier alpha value is -1.96. The molecule has 0 aliphatic carbocycles. The van der Waals surface area contributed by atoms with Gasteiger partial charge < -0.3 is 5.11 Å². The van der Waals surface area contributed by atoms with Gasteiger partial charge >= 0.3 is 0 Å². The third-order valence-electron chi connectivity index (χ3n) is 3.68. The fraction of sp³-hybridized carbons (Fsp3) is 0.0526. The standard InChI is InChI=1S/C19H14Cl2O/c20-18-9-5-4-8-17(18)19(21,14-6-2-1-3-7-14)15-10-12-16(22)13-11-15/h1-13,22H. The fourth-order valence-electron chi connectivity index (χ4n) is 2.58. The van der Waals surface area contributed by atoms with E-state index in [4.69, 9.17) is 23.2 Å². The predicted molar refractivity (Wildman–Crippen MR) is 91.7 cm³/mol. The summed E-state index contributed by atoms with van der Waals surface area (Å²) in [5.74, 6) is 0.204. The van der Waals surface area contributed by atoms with E-state index in [0.717, 1.165) is 16.7 Å². The number of phenolic OH excluding ortho intramolecular Hbond substituents is 1. The number of rotatable bonds is 3. The first-order valence-corrected chi connectivity index (χ1v) is 7.67. The summed E-state index contributed by atoms with van der Waals surface area (Å²) in [6.07, 6.45) is 0. The lowest BCUT2D eigenvalue weighted by Crippen LogP contribution is -2.22. The van der Waals surface area contributed by atoms with Crippen molar-refractivity contribution in [3.63, 3.8) is 0 Å². The SMILES string of the molecule is Oc1ccc(C(Cl)(c2ccccc2)c2ccccc2Cl)cc1. The normalized spacial score (nSPS) is 13.5. The summed E-state index contributed by atoms with van der Waals surface area (Å²) in [7, 11) is 0. The minimum atomic E-state index is -0.909. The molecule has 0 aliphatic heterocycles. The van der Waals surface area contributed by atoms with Gasteiger partial charge in [0.15, 0.2) is 0 Å². The van der Waals surface area contributed by atoms with Crippen LogP contribution in [0, 0.1) is 0 Å². The first-order chi connectivity index (χ1) is 10.6. The maximum absolute atomic E-state index is 9.55. The van der Waals surface area contributed by atoms with Crippen molar-refractivity contribution in [2.45, 2.75) is 4.87 Å². The van der Waals surface area contributed by atoms with Crippen LogP contribution in [0.4, 0.5) is 0 Å². The quantitative estimate of drug-likeness (QED) is 0.491. The second kappa shape index (κ2) is 6.04. The summed E-state index contributed by atoms with van der Waals surface area (Å²) in [5, 5.41) is 10.2. The van der Waals surface area contributed by atoms with E-state index in [2.05, 4.69) is 0 Å². The molecule has 1 atom stereocenters. The molecule has 0 amide bonds. The minimum Gasteiger partial charge on any atom is -0.508 e. The maximum Gasteiger partial charge on any atom is 0.121 e. The zero-order chi connectivity index (χ0) is 15.6. The van der Waals surface area contributed by atoms with E-state index in [-0.39, 0.29) is 5.75 Å². The number of alkyl halides is 1. The summed E-state index contributed by atoms with van der Waals surface area (Å²) in [5.41, 5.74) is 2.59. The molecule has 1 unspecified atom stereocenters. The summed E-state index contributed by atoms with van der Waals surface area (Å²) in [6, 6.07) is 24.2. The third-order valence-corrected chi connectivity index (χ3v) is 4.65. The van der Waals surface area contributed by atoms with Gasteiger partial charge in [0.2, 0.25) is 0 Å². The Morgan fingerprint density at radius 1 is 0.682 bits per heavy atom. The molecule has 3 heteroatoms. The average Bonchev–Trinajstić information content (AvgIpc) is 2.56. The summed E-state index contributed by atoms with van der Waals surface area (Å²) in [4.78, 5) is -0.909. The van der Waals surface area contributed by atoms with Crippen LogP contribution in [-0.4, -0.2) is 5.11 Å². The van der Waals surface area contributed by atoms with Crippen LogP contribution in [0.3, 0.4) is 0 Å². The van der Waals surface area contributed by atoms with Gasteiger partial charge in [-0.1, -0.05) is 72.3 Å². The Kier molecular flexibility index (Phi) is 4.10. The van der Waals surface area contributed by atoms with Crippen LogP contribution >= 0.6 is 23.2 Å². The summed E-state index contributed by atoms with van der Waals surface area (Å²) in [6.45, 7) is 0. The van der Waals surface area contributed by atoms with Gasteiger partial charge in [-0.3, -0.25) is 0 Å². The number of benzene rings is 3. The highest BCUT2D eigenvalue weighted by molar-refractivity contribution is 6.34. The molecule has 3 aromatic carbocycles. The minimum absolute atomic E-state index is 0.204. The van der Waals surface area contributed by atoms with Crippen molar-refractivity contribution in [3.05, 3.63) is 101 Å². The largest absolute Gasteiger partial charge is 0.508 e. The van der Waals surface area contributed by atoms with Crippen LogP contribution in [0.25, 0.3) is 0 Å². The molecule has 0 spiro atoms. The molecule has 1 nitrogen and oxygen atoms in total. The summed E-state index contributed by atoms with van der Waals surface area (Å²) < 4.78 is 0. The van der Waals surface area contributed by atoms with Gasteiger partial charge in [0.05, 0.1) is 0 Å². The second-order valence-electron chi connectivity index (χ2n) is 5.05. The Bertz CT molecular complexity index is 769. The molecule has 0 saturated carbocycles. The van der Waals surface area contributed by atoms with Crippen molar-refractivity contribution in [2.75, 3.05) is 0 Å². The lowest BCUT2D eigenvalue weighted by molar-refractivity contribution is 0.475. The van der Waals surface area contributed by atoms with Crippen molar-refractivity contribution in [1.29, 1.82) is 0 Å². The lowest BCUT2D eigenvalue weighted by Gasteiger charge is -2.30. The lowest BCUT2D eigenvalue weighted by atomic mass is 9.84. The zero-order valence-corrected chi connectivity index (χ0v) is 13.2. The Balaban J connectivity index is 2.27. The van der Waals surface area contributed by atoms with Crippen molar-refractivity contribution in [2.24, 2.45) is 0 Å². The van der Waals surface area contributed by atoms with Gasteiger partial charge in [-0.25, -0.2) is 0 Å². The maximum atomic E-state index is 9.55. The number of hydrogen-bond donors (Lipinski definition) is 1. The van der Waals surface area contributed by atoms with E-state index in [0.29, 0.717) is 5.02 Å². The van der Waals surface area contributed by atoms with E-state index in [9.17, 15) is 5.11 Å². The topological polar surface area (TPSA) is 20.2 Å². The first kappa shape index (κ1) is 15.0. The van der Waals surface area contributed by atoms with Crippen LogP contribution in [0.1, 0.15) is 16.7 Å². The predicted octanol–water partition coefficient (Wildman–Crippen LogP) is 5.58. The van der Waals surface area contributed by atoms with Gasteiger partial charge in [-0.15, -0.1) is 11.6 Å². The van der Waals surface area contributed by atoms with Crippen molar-refractivity contribution in [1.82, 2.24) is 0 Å². The first-order valence-electron chi connectivity index (χ1n) is 6.91. The molecule has 22 heavy (non-hydrogen) atoms. The highest BCUT2D eigenvalue weighted by Crippen LogP contribution is 2.45. The summed E-state index contributed by atoms with van der Waals surface area (Å²) >= 11 is 13.5. The molecule has 0 saturated heterocycles. The van der Waals surface area contributed by atoms with Crippen LogP contribution in [-0.2, 0) is 4.87 Å². The molecule has 3 aromatic rings. The Labute approximate surface area is 139 Å². The van der Waals surface area contributed by atoms with E-state index in [1.807, 2.05) is 66.7 Å². The van der Waals surface area contributed by atoms with Crippen molar-refractivity contribution < 1.29 is 5.11 Å². The molecule has 0 aromatic heterocycles.